The van der Waals surface area contributed by atoms with Crippen LogP contribution in [0.5, 0.6) is 0 Å². The van der Waals surface area contributed by atoms with Gasteiger partial charge in [-0.3, -0.25) is 9.80 Å². The average molecular weight is 293 g/mol. The Labute approximate surface area is 129 Å². The zero-order valence-electron chi connectivity index (χ0n) is 14.3. The molecule has 1 saturated heterocycles. The molecule has 120 valence electrons. The zero-order valence-corrected chi connectivity index (χ0v) is 14.3. The van der Waals surface area contributed by atoms with Crippen molar-refractivity contribution in [2.24, 2.45) is 0 Å². The van der Waals surface area contributed by atoms with Crippen LogP contribution in [0.4, 0.5) is 0 Å². The molecular formula is C17H31N3O. The average Bonchev–Trinajstić information content (AvgIpc) is 2.76. The molecule has 1 N–H and O–H groups in total. The van der Waals surface area contributed by atoms with E-state index in [4.69, 9.17) is 4.42 Å². The molecule has 1 aliphatic rings. The number of likely N-dealkylation sites (N-methyl/N-ethyl adjacent to an activating group) is 1. The lowest BCUT2D eigenvalue weighted by Gasteiger charge is -2.42. The van der Waals surface area contributed by atoms with Crippen LogP contribution < -0.4 is 5.32 Å². The molecule has 0 bridgehead atoms. The summed E-state index contributed by atoms with van der Waals surface area (Å²) < 4.78 is 5.95. The van der Waals surface area contributed by atoms with Crippen molar-refractivity contribution in [3.05, 3.63) is 23.2 Å². The van der Waals surface area contributed by atoms with Crippen molar-refractivity contribution in [2.45, 2.75) is 59.3 Å². The van der Waals surface area contributed by atoms with E-state index >= 15 is 0 Å². The van der Waals surface area contributed by atoms with Crippen LogP contribution in [-0.4, -0.2) is 48.6 Å². The topological polar surface area (TPSA) is 31.6 Å². The SMILES string of the molecule is CCCNCc1cc(CN2CC(C)N(C)C(C)C2)oc1C. The van der Waals surface area contributed by atoms with Crippen molar-refractivity contribution < 1.29 is 4.42 Å². The normalized spacial score (nSPS) is 24.6. The van der Waals surface area contributed by atoms with E-state index < -0.39 is 0 Å². The molecule has 0 saturated carbocycles. The number of hydrogen-bond acceptors (Lipinski definition) is 4. The highest BCUT2D eigenvalue weighted by molar-refractivity contribution is 5.20. The first-order valence-electron chi connectivity index (χ1n) is 8.24. The second-order valence-corrected chi connectivity index (χ2v) is 6.53. The molecule has 1 aromatic heterocycles. The fourth-order valence-corrected chi connectivity index (χ4v) is 3.10. The minimum Gasteiger partial charge on any atom is -0.465 e. The Kier molecular flexibility index (Phi) is 5.85. The summed E-state index contributed by atoms with van der Waals surface area (Å²) in [6, 6.07) is 3.44. The van der Waals surface area contributed by atoms with E-state index in [9.17, 15) is 0 Å². The smallest absolute Gasteiger partial charge is 0.118 e. The van der Waals surface area contributed by atoms with Crippen LogP contribution >= 0.6 is 0 Å². The number of hydrogen-bond donors (Lipinski definition) is 1. The van der Waals surface area contributed by atoms with Gasteiger partial charge in [-0.15, -0.1) is 0 Å². The first kappa shape index (κ1) is 16.5. The fraction of sp³-hybridized carbons (Fsp3) is 0.765. The Hall–Kier alpha value is -0.840. The van der Waals surface area contributed by atoms with E-state index in [1.165, 1.54) is 12.0 Å². The van der Waals surface area contributed by atoms with Crippen LogP contribution in [0.25, 0.3) is 0 Å². The third kappa shape index (κ3) is 4.31. The standard InChI is InChI=1S/C17H31N3O/c1-6-7-18-9-16-8-17(21-15(16)4)12-20-10-13(2)19(5)14(3)11-20/h8,13-14,18H,6-7,9-12H2,1-5H3. The van der Waals surface area contributed by atoms with Crippen molar-refractivity contribution in [2.75, 3.05) is 26.7 Å². The monoisotopic (exact) mass is 293 g/mol. The molecule has 2 rings (SSSR count). The molecule has 0 amide bonds. The van der Waals surface area contributed by atoms with Gasteiger partial charge in [-0.05, 0) is 46.9 Å². The summed E-state index contributed by atoms with van der Waals surface area (Å²) in [7, 11) is 2.22. The van der Waals surface area contributed by atoms with Gasteiger partial charge >= 0.3 is 0 Å². The summed E-state index contributed by atoms with van der Waals surface area (Å²) in [6.45, 7) is 14.0. The lowest BCUT2D eigenvalue weighted by atomic mass is 10.1. The molecule has 0 aromatic carbocycles. The number of aryl methyl sites for hydroxylation is 1. The molecule has 4 heteroatoms. The minimum absolute atomic E-state index is 0.607. The van der Waals surface area contributed by atoms with Gasteiger partial charge in [0.05, 0.1) is 6.54 Å². The van der Waals surface area contributed by atoms with Crippen LogP contribution in [0, 0.1) is 6.92 Å². The van der Waals surface area contributed by atoms with Gasteiger partial charge in [0.25, 0.3) is 0 Å². The van der Waals surface area contributed by atoms with Crippen molar-refractivity contribution in [3.63, 3.8) is 0 Å². The number of piperazine rings is 1. The number of rotatable bonds is 6. The highest BCUT2D eigenvalue weighted by atomic mass is 16.3. The Balaban J connectivity index is 1.92. The molecular weight excluding hydrogens is 262 g/mol. The first-order chi connectivity index (χ1) is 10.0. The first-order valence-corrected chi connectivity index (χ1v) is 8.24. The molecule has 1 aliphatic heterocycles. The van der Waals surface area contributed by atoms with E-state index in [0.717, 1.165) is 44.2 Å². The molecule has 1 fully saturated rings. The number of nitrogens with zero attached hydrogens (tertiary/aromatic N) is 2. The Morgan fingerprint density at radius 2 is 1.95 bits per heavy atom. The zero-order chi connectivity index (χ0) is 15.4. The van der Waals surface area contributed by atoms with E-state index in [2.05, 4.69) is 55.9 Å². The van der Waals surface area contributed by atoms with Crippen LogP contribution in [-0.2, 0) is 13.1 Å². The molecule has 21 heavy (non-hydrogen) atoms. The summed E-state index contributed by atoms with van der Waals surface area (Å²) in [6.07, 6.45) is 1.17. The number of nitrogens with one attached hydrogen (secondary N) is 1. The third-order valence-electron chi connectivity index (χ3n) is 4.63. The molecule has 0 spiro atoms. The minimum atomic E-state index is 0.607. The Bertz CT molecular complexity index is 431. The maximum absolute atomic E-state index is 5.95. The molecule has 0 aliphatic carbocycles. The predicted molar refractivity (Wildman–Crippen MR) is 87.4 cm³/mol. The highest BCUT2D eigenvalue weighted by Gasteiger charge is 2.27. The summed E-state index contributed by atoms with van der Waals surface area (Å²) >= 11 is 0. The summed E-state index contributed by atoms with van der Waals surface area (Å²) in [5.41, 5.74) is 1.30. The fourth-order valence-electron chi connectivity index (χ4n) is 3.10. The summed E-state index contributed by atoms with van der Waals surface area (Å²) in [5, 5.41) is 3.45. The van der Waals surface area contributed by atoms with E-state index in [1.54, 1.807) is 0 Å². The van der Waals surface area contributed by atoms with Gasteiger partial charge in [0.15, 0.2) is 0 Å². The third-order valence-corrected chi connectivity index (χ3v) is 4.63. The van der Waals surface area contributed by atoms with Crippen molar-refractivity contribution >= 4 is 0 Å². The van der Waals surface area contributed by atoms with Gasteiger partial charge in [-0.1, -0.05) is 6.92 Å². The van der Waals surface area contributed by atoms with Crippen LogP contribution in [0.15, 0.2) is 10.5 Å². The van der Waals surface area contributed by atoms with Gasteiger partial charge in [-0.25, -0.2) is 0 Å². The predicted octanol–water partition coefficient (Wildman–Crippen LogP) is 2.61. The van der Waals surface area contributed by atoms with Crippen LogP contribution in [0.3, 0.4) is 0 Å². The quantitative estimate of drug-likeness (QED) is 0.817. The molecule has 2 unspecified atom stereocenters. The second-order valence-electron chi connectivity index (χ2n) is 6.53. The maximum Gasteiger partial charge on any atom is 0.118 e. The molecule has 2 heterocycles. The maximum atomic E-state index is 5.95. The summed E-state index contributed by atoms with van der Waals surface area (Å²) in [5.74, 6) is 2.16. The summed E-state index contributed by atoms with van der Waals surface area (Å²) in [4.78, 5) is 4.97. The second kappa shape index (κ2) is 7.43. The lowest BCUT2D eigenvalue weighted by molar-refractivity contribution is 0.0517. The largest absolute Gasteiger partial charge is 0.465 e. The van der Waals surface area contributed by atoms with E-state index in [-0.39, 0.29) is 0 Å². The van der Waals surface area contributed by atoms with Crippen LogP contribution in [0.2, 0.25) is 0 Å². The van der Waals surface area contributed by atoms with Gasteiger partial charge in [-0.2, -0.15) is 0 Å². The van der Waals surface area contributed by atoms with Crippen molar-refractivity contribution in [1.82, 2.24) is 15.1 Å². The molecule has 4 nitrogen and oxygen atoms in total. The van der Waals surface area contributed by atoms with Gasteiger partial charge in [0.2, 0.25) is 0 Å². The van der Waals surface area contributed by atoms with E-state index in [0.29, 0.717) is 12.1 Å². The van der Waals surface area contributed by atoms with E-state index in [1.807, 2.05) is 0 Å². The Morgan fingerprint density at radius 3 is 2.57 bits per heavy atom. The van der Waals surface area contributed by atoms with Crippen molar-refractivity contribution in [3.8, 4) is 0 Å². The molecule has 0 radical (unpaired) electrons. The lowest BCUT2D eigenvalue weighted by Crippen LogP contribution is -2.54. The highest BCUT2D eigenvalue weighted by Crippen LogP contribution is 2.20. The van der Waals surface area contributed by atoms with Gasteiger partial charge < -0.3 is 9.73 Å². The molecule has 2 atom stereocenters. The van der Waals surface area contributed by atoms with Gasteiger partial charge in [0.1, 0.15) is 11.5 Å². The van der Waals surface area contributed by atoms with Crippen LogP contribution in [0.1, 0.15) is 44.3 Å². The van der Waals surface area contributed by atoms with Crippen molar-refractivity contribution in [1.29, 1.82) is 0 Å². The Morgan fingerprint density at radius 1 is 1.29 bits per heavy atom. The van der Waals surface area contributed by atoms with Gasteiger partial charge in [0, 0.05) is 37.3 Å². The number of furan rings is 1. The molecule has 1 aromatic rings.